The molecule has 2 aliphatic heterocycles. The lowest BCUT2D eigenvalue weighted by molar-refractivity contribution is 0.0642. The number of hydrogen-bond acceptors (Lipinski definition) is 2. The van der Waals surface area contributed by atoms with E-state index in [9.17, 15) is 4.79 Å². The molecule has 4 nitrogen and oxygen atoms in total. The lowest BCUT2D eigenvalue weighted by atomic mass is 9.95. The molecular formula is C24H18ClN3O. The number of amides is 1. The van der Waals surface area contributed by atoms with Crippen LogP contribution in [0.25, 0.3) is 10.9 Å². The van der Waals surface area contributed by atoms with Crippen molar-refractivity contribution >= 4 is 39.8 Å². The van der Waals surface area contributed by atoms with Crippen LogP contribution in [0.1, 0.15) is 27.8 Å². The Morgan fingerprint density at radius 2 is 1.76 bits per heavy atom. The molecule has 1 amide bonds. The van der Waals surface area contributed by atoms with Crippen LogP contribution in [0.15, 0.2) is 72.8 Å². The molecule has 1 N–H and O–H groups in total. The average molecular weight is 400 g/mol. The van der Waals surface area contributed by atoms with E-state index in [0.717, 1.165) is 45.0 Å². The highest BCUT2D eigenvalue weighted by molar-refractivity contribution is 6.31. The SMILES string of the molecule is O=C1c2ccccc2N(c2ccccc2)[C@H]2c3[nH]c4ccc(Cl)cc4c3CCN12. The van der Waals surface area contributed by atoms with Gasteiger partial charge in [0, 0.05) is 28.2 Å². The molecule has 142 valence electrons. The van der Waals surface area contributed by atoms with Crippen LogP contribution in [0.5, 0.6) is 0 Å². The van der Waals surface area contributed by atoms with E-state index >= 15 is 0 Å². The van der Waals surface area contributed by atoms with Crippen LogP contribution in [0.3, 0.4) is 0 Å². The third kappa shape index (κ3) is 2.36. The van der Waals surface area contributed by atoms with Crippen molar-refractivity contribution < 1.29 is 4.79 Å². The zero-order valence-electron chi connectivity index (χ0n) is 15.6. The summed E-state index contributed by atoms with van der Waals surface area (Å²) in [4.78, 5) is 21.2. The van der Waals surface area contributed by atoms with Gasteiger partial charge in [0.2, 0.25) is 0 Å². The molecule has 0 radical (unpaired) electrons. The van der Waals surface area contributed by atoms with E-state index < -0.39 is 0 Å². The Labute approximate surface area is 173 Å². The van der Waals surface area contributed by atoms with Crippen LogP contribution in [-0.2, 0) is 6.42 Å². The Morgan fingerprint density at radius 3 is 2.62 bits per heavy atom. The van der Waals surface area contributed by atoms with Gasteiger partial charge in [-0.1, -0.05) is 41.9 Å². The lowest BCUT2D eigenvalue weighted by Crippen LogP contribution is -2.50. The fraction of sp³-hybridized carbons (Fsp3) is 0.125. The number of H-pyrrole nitrogens is 1. The number of rotatable bonds is 1. The molecule has 2 aliphatic rings. The molecule has 3 heterocycles. The number of fused-ring (bicyclic) bond motifs is 6. The second-order valence-corrected chi connectivity index (χ2v) is 7.99. The van der Waals surface area contributed by atoms with Crippen LogP contribution in [0, 0.1) is 0 Å². The van der Waals surface area contributed by atoms with Crippen LogP contribution < -0.4 is 4.90 Å². The number of halogens is 1. The van der Waals surface area contributed by atoms with E-state index in [2.05, 4.69) is 22.0 Å². The summed E-state index contributed by atoms with van der Waals surface area (Å²) < 4.78 is 0. The van der Waals surface area contributed by atoms with Crippen molar-refractivity contribution in [2.75, 3.05) is 11.4 Å². The fourth-order valence-electron chi connectivity index (χ4n) is 4.74. The molecule has 4 aromatic rings. The summed E-state index contributed by atoms with van der Waals surface area (Å²) in [6.45, 7) is 0.674. The van der Waals surface area contributed by atoms with Gasteiger partial charge in [0.1, 0.15) is 0 Å². The first-order valence-corrected chi connectivity index (χ1v) is 10.1. The van der Waals surface area contributed by atoms with Crippen molar-refractivity contribution in [1.82, 2.24) is 9.88 Å². The quantitative estimate of drug-likeness (QED) is 0.448. The van der Waals surface area contributed by atoms with Crippen molar-refractivity contribution in [2.45, 2.75) is 12.6 Å². The van der Waals surface area contributed by atoms with Crippen LogP contribution in [0.2, 0.25) is 5.02 Å². The predicted octanol–water partition coefficient (Wildman–Crippen LogP) is 5.67. The van der Waals surface area contributed by atoms with Gasteiger partial charge in [0.15, 0.2) is 6.17 Å². The van der Waals surface area contributed by atoms with Crippen molar-refractivity contribution in [1.29, 1.82) is 0 Å². The minimum Gasteiger partial charge on any atom is -0.355 e. The van der Waals surface area contributed by atoms with E-state index in [1.165, 1.54) is 5.56 Å². The molecule has 0 aliphatic carbocycles. The van der Waals surface area contributed by atoms with Crippen molar-refractivity contribution in [3.05, 3.63) is 94.6 Å². The summed E-state index contributed by atoms with van der Waals surface area (Å²) in [6, 6.07) is 24.1. The minimum absolute atomic E-state index is 0.0834. The van der Waals surface area contributed by atoms with Crippen LogP contribution in [-0.4, -0.2) is 22.3 Å². The summed E-state index contributed by atoms with van der Waals surface area (Å²) in [7, 11) is 0. The normalized spacial score (nSPS) is 17.8. The van der Waals surface area contributed by atoms with Gasteiger partial charge >= 0.3 is 0 Å². The largest absolute Gasteiger partial charge is 0.355 e. The summed E-state index contributed by atoms with van der Waals surface area (Å²) >= 11 is 6.28. The number of aromatic nitrogens is 1. The van der Waals surface area contributed by atoms with Gasteiger partial charge in [-0.05, 0) is 54.4 Å². The predicted molar refractivity (Wildman–Crippen MR) is 116 cm³/mol. The number of carbonyl (C=O) groups excluding carboxylic acids is 1. The molecular weight excluding hydrogens is 382 g/mol. The maximum Gasteiger partial charge on any atom is 0.257 e. The zero-order valence-corrected chi connectivity index (χ0v) is 16.4. The number of benzene rings is 3. The Kier molecular flexibility index (Phi) is 3.53. The Morgan fingerprint density at radius 1 is 0.966 bits per heavy atom. The van der Waals surface area contributed by atoms with Crippen molar-refractivity contribution in [2.24, 2.45) is 0 Å². The third-order valence-electron chi connectivity index (χ3n) is 5.99. The van der Waals surface area contributed by atoms with E-state index in [-0.39, 0.29) is 12.1 Å². The van der Waals surface area contributed by atoms with Gasteiger partial charge in [-0.15, -0.1) is 0 Å². The highest BCUT2D eigenvalue weighted by Gasteiger charge is 2.43. The number of anilines is 2. The van der Waals surface area contributed by atoms with Gasteiger partial charge in [-0.2, -0.15) is 0 Å². The Bertz CT molecular complexity index is 1260. The van der Waals surface area contributed by atoms with Gasteiger partial charge in [0.05, 0.1) is 16.9 Å². The van der Waals surface area contributed by atoms with Crippen LogP contribution >= 0.6 is 11.6 Å². The van der Waals surface area contributed by atoms with E-state index in [0.29, 0.717) is 6.54 Å². The molecule has 1 aromatic heterocycles. The van der Waals surface area contributed by atoms with Crippen molar-refractivity contribution in [3.8, 4) is 0 Å². The highest BCUT2D eigenvalue weighted by atomic mass is 35.5. The van der Waals surface area contributed by atoms with Gasteiger partial charge in [0.25, 0.3) is 5.91 Å². The smallest absolute Gasteiger partial charge is 0.257 e. The number of aromatic amines is 1. The number of para-hydroxylation sites is 2. The maximum atomic E-state index is 13.4. The Balaban J connectivity index is 1.64. The number of nitrogens with one attached hydrogen (secondary N) is 1. The summed E-state index contributed by atoms with van der Waals surface area (Å²) in [5, 5.41) is 1.87. The fourth-order valence-corrected chi connectivity index (χ4v) is 4.91. The van der Waals surface area contributed by atoms with Crippen molar-refractivity contribution in [3.63, 3.8) is 0 Å². The standard InChI is InChI=1S/C24H18ClN3O/c25-15-10-11-20-19(14-15)17-12-13-27-23(22(17)26-20)28(16-6-2-1-3-7-16)21-9-5-4-8-18(21)24(27)29/h1-11,14,23,26H,12-13H2/t23-/m0/s1. The molecule has 1 atom stereocenters. The molecule has 0 bridgehead atoms. The topological polar surface area (TPSA) is 39.3 Å². The molecule has 5 heteroatoms. The summed E-state index contributed by atoms with van der Waals surface area (Å²) in [6.07, 6.45) is 0.595. The van der Waals surface area contributed by atoms with E-state index in [4.69, 9.17) is 11.6 Å². The van der Waals surface area contributed by atoms with Crippen LogP contribution in [0.4, 0.5) is 11.4 Å². The molecule has 0 fully saturated rings. The van der Waals surface area contributed by atoms with E-state index in [1.807, 2.05) is 65.6 Å². The Hall–Kier alpha value is -3.24. The lowest BCUT2D eigenvalue weighted by Gasteiger charge is -2.47. The second-order valence-electron chi connectivity index (χ2n) is 7.55. The molecule has 0 spiro atoms. The molecule has 0 saturated carbocycles. The highest BCUT2D eigenvalue weighted by Crippen LogP contribution is 2.47. The van der Waals surface area contributed by atoms with E-state index in [1.54, 1.807) is 0 Å². The monoisotopic (exact) mass is 399 g/mol. The summed E-state index contributed by atoms with van der Waals surface area (Å²) in [5.74, 6) is 0.0834. The first-order valence-electron chi connectivity index (χ1n) is 9.76. The van der Waals surface area contributed by atoms with Gasteiger partial charge in [-0.3, -0.25) is 4.79 Å². The third-order valence-corrected chi connectivity index (χ3v) is 6.23. The minimum atomic E-state index is -0.213. The maximum absolute atomic E-state index is 13.4. The first-order chi connectivity index (χ1) is 14.2. The molecule has 6 rings (SSSR count). The average Bonchev–Trinajstić information content (AvgIpc) is 3.13. The molecule has 3 aromatic carbocycles. The van der Waals surface area contributed by atoms with Gasteiger partial charge in [-0.25, -0.2) is 0 Å². The number of nitrogens with zero attached hydrogens (tertiary/aromatic N) is 2. The molecule has 0 saturated heterocycles. The number of hydrogen-bond donors (Lipinski definition) is 1. The summed E-state index contributed by atoms with van der Waals surface area (Å²) in [5.41, 5.74) is 6.12. The molecule has 29 heavy (non-hydrogen) atoms. The first kappa shape index (κ1) is 16.7. The number of carbonyl (C=O) groups is 1. The van der Waals surface area contributed by atoms with Gasteiger partial charge < -0.3 is 14.8 Å². The molecule has 0 unspecified atom stereocenters. The zero-order chi connectivity index (χ0) is 19.5. The second kappa shape index (κ2) is 6.13.